The van der Waals surface area contributed by atoms with Crippen molar-refractivity contribution in [1.82, 2.24) is 0 Å². The molecule has 0 amide bonds. The summed E-state index contributed by atoms with van der Waals surface area (Å²) >= 11 is 0. The SMILES string of the molecule is N#Cc1c[c]cc2ccoc12. The predicted octanol–water partition coefficient (Wildman–Crippen LogP) is 2.10. The van der Waals surface area contributed by atoms with Crippen molar-refractivity contribution in [2.75, 3.05) is 0 Å². The molecule has 0 aliphatic carbocycles. The molecule has 2 nitrogen and oxygen atoms in total. The van der Waals surface area contributed by atoms with Crippen LogP contribution in [0.5, 0.6) is 0 Å². The highest BCUT2D eigenvalue weighted by Gasteiger charge is 2.00. The van der Waals surface area contributed by atoms with Crippen LogP contribution >= 0.6 is 0 Å². The van der Waals surface area contributed by atoms with Crippen molar-refractivity contribution >= 4 is 11.0 Å². The van der Waals surface area contributed by atoms with Gasteiger partial charge in [0, 0.05) is 5.39 Å². The number of nitrogens with zero attached hydrogens (tertiary/aromatic N) is 1. The highest BCUT2D eigenvalue weighted by atomic mass is 16.3. The second-order valence-electron chi connectivity index (χ2n) is 2.19. The zero-order valence-corrected chi connectivity index (χ0v) is 5.66. The first kappa shape index (κ1) is 5.99. The fourth-order valence-electron chi connectivity index (χ4n) is 1.02. The van der Waals surface area contributed by atoms with Crippen LogP contribution in [-0.4, -0.2) is 0 Å². The fraction of sp³-hybridized carbons (Fsp3) is 0. The molecule has 0 saturated heterocycles. The summed E-state index contributed by atoms with van der Waals surface area (Å²) in [5.74, 6) is 0. The van der Waals surface area contributed by atoms with Crippen molar-refractivity contribution in [3.8, 4) is 6.07 Å². The van der Waals surface area contributed by atoms with Gasteiger partial charge in [0.05, 0.1) is 11.8 Å². The first-order chi connectivity index (χ1) is 5.42. The summed E-state index contributed by atoms with van der Waals surface area (Å²) in [5.41, 5.74) is 1.18. The number of benzene rings is 1. The lowest BCUT2D eigenvalue weighted by Gasteiger charge is -1.87. The first-order valence-electron chi connectivity index (χ1n) is 3.19. The molecule has 0 unspecified atom stereocenters. The van der Waals surface area contributed by atoms with Gasteiger partial charge in [-0.3, -0.25) is 0 Å². The van der Waals surface area contributed by atoms with Gasteiger partial charge in [0.2, 0.25) is 0 Å². The zero-order valence-electron chi connectivity index (χ0n) is 5.66. The Morgan fingerprint density at radius 1 is 1.45 bits per heavy atom. The van der Waals surface area contributed by atoms with Gasteiger partial charge in [-0.25, -0.2) is 0 Å². The Bertz CT molecular complexity index is 422. The van der Waals surface area contributed by atoms with Crippen LogP contribution in [0.15, 0.2) is 28.9 Å². The van der Waals surface area contributed by atoms with Gasteiger partial charge in [0.1, 0.15) is 6.07 Å². The number of fused-ring (bicyclic) bond motifs is 1. The molecule has 0 aliphatic rings. The van der Waals surface area contributed by atoms with E-state index in [-0.39, 0.29) is 0 Å². The smallest absolute Gasteiger partial charge is 0.151 e. The van der Waals surface area contributed by atoms with Crippen molar-refractivity contribution in [3.63, 3.8) is 0 Å². The van der Waals surface area contributed by atoms with Crippen LogP contribution in [0, 0.1) is 17.4 Å². The predicted molar refractivity (Wildman–Crippen MR) is 39.8 cm³/mol. The molecule has 0 bridgehead atoms. The standard InChI is InChI=1S/C9H4NO/c10-6-8-3-1-2-7-4-5-11-9(7)8/h2-5H. The van der Waals surface area contributed by atoms with E-state index < -0.39 is 0 Å². The van der Waals surface area contributed by atoms with Crippen LogP contribution in [0.2, 0.25) is 0 Å². The summed E-state index contributed by atoms with van der Waals surface area (Å²) in [6.45, 7) is 0. The monoisotopic (exact) mass is 142 g/mol. The van der Waals surface area contributed by atoms with Crippen molar-refractivity contribution in [2.24, 2.45) is 0 Å². The van der Waals surface area contributed by atoms with Gasteiger partial charge in [0.15, 0.2) is 5.58 Å². The molecule has 1 heterocycles. The van der Waals surface area contributed by atoms with Crippen LogP contribution in [-0.2, 0) is 0 Å². The maximum atomic E-state index is 8.62. The lowest BCUT2D eigenvalue weighted by atomic mass is 10.2. The van der Waals surface area contributed by atoms with Gasteiger partial charge in [-0.2, -0.15) is 5.26 Å². The highest BCUT2D eigenvalue weighted by Crippen LogP contribution is 2.17. The Hall–Kier alpha value is -1.75. The van der Waals surface area contributed by atoms with E-state index in [1.807, 2.05) is 12.1 Å². The maximum absolute atomic E-state index is 8.62. The molecule has 2 rings (SSSR count). The first-order valence-corrected chi connectivity index (χ1v) is 3.19. The van der Waals surface area contributed by atoms with E-state index in [0.717, 1.165) is 5.39 Å². The molecule has 1 aromatic heterocycles. The molecule has 2 aromatic rings. The van der Waals surface area contributed by atoms with Gasteiger partial charge >= 0.3 is 0 Å². The lowest BCUT2D eigenvalue weighted by Crippen LogP contribution is -1.72. The topological polar surface area (TPSA) is 36.9 Å². The third-order valence-corrected chi connectivity index (χ3v) is 1.53. The largest absolute Gasteiger partial charge is 0.463 e. The average Bonchev–Trinajstić information content (AvgIpc) is 2.50. The summed E-state index contributed by atoms with van der Waals surface area (Å²) < 4.78 is 5.10. The Balaban J connectivity index is 2.92. The lowest BCUT2D eigenvalue weighted by molar-refractivity contribution is 0.615. The van der Waals surface area contributed by atoms with E-state index in [0.29, 0.717) is 11.1 Å². The second kappa shape index (κ2) is 2.14. The zero-order chi connectivity index (χ0) is 7.68. The Labute approximate surface area is 63.7 Å². The third-order valence-electron chi connectivity index (χ3n) is 1.53. The number of furan rings is 1. The Morgan fingerprint density at radius 2 is 2.36 bits per heavy atom. The minimum Gasteiger partial charge on any atom is -0.463 e. The van der Waals surface area contributed by atoms with Crippen molar-refractivity contribution in [2.45, 2.75) is 0 Å². The van der Waals surface area contributed by atoms with Crippen LogP contribution in [0.25, 0.3) is 11.0 Å². The number of hydrogen-bond acceptors (Lipinski definition) is 2. The van der Waals surface area contributed by atoms with Gasteiger partial charge < -0.3 is 4.42 Å². The molecule has 0 spiro atoms. The highest BCUT2D eigenvalue weighted by molar-refractivity contribution is 5.82. The molecule has 51 valence electrons. The molecule has 0 saturated carbocycles. The van der Waals surface area contributed by atoms with Crippen LogP contribution in [0.1, 0.15) is 5.56 Å². The molecular formula is C9H4NO. The van der Waals surface area contributed by atoms with Crippen LogP contribution in [0.3, 0.4) is 0 Å². The van der Waals surface area contributed by atoms with Gasteiger partial charge in [-0.1, -0.05) is 0 Å². The van der Waals surface area contributed by atoms with E-state index in [2.05, 4.69) is 6.07 Å². The van der Waals surface area contributed by atoms with Crippen molar-refractivity contribution in [3.05, 3.63) is 36.1 Å². The van der Waals surface area contributed by atoms with Crippen molar-refractivity contribution < 1.29 is 4.42 Å². The number of hydrogen-bond donors (Lipinski definition) is 0. The molecule has 1 radical (unpaired) electrons. The van der Waals surface area contributed by atoms with E-state index in [1.165, 1.54) is 0 Å². The van der Waals surface area contributed by atoms with Crippen LogP contribution in [0.4, 0.5) is 0 Å². The maximum Gasteiger partial charge on any atom is 0.151 e. The summed E-state index contributed by atoms with van der Waals surface area (Å²) in [6, 6.07) is 10.1. The molecule has 1 aromatic carbocycles. The normalized spacial score (nSPS) is 9.73. The number of nitriles is 1. The quantitative estimate of drug-likeness (QED) is 0.564. The molecular weight excluding hydrogens is 138 g/mol. The summed E-state index contributed by atoms with van der Waals surface area (Å²) in [5, 5.41) is 9.54. The molecule has 2 heteroatoms. The van der Waals surface area contributed by atoms with Gasteiger partial charge in [0.25, 0.3) is 0 Å². The summed E-state index contributed by atoms with van der Waals surface area (Å²) in [7, 11) is 0. The molecule has 0 N–H and O–H groups in total. The average molecular weight is 142 g/mol. The molecule has 0 fully saturated rings. The minimum atomic E-state index is 0.535. The Morgan fingerprint density at radius 3 is 3.18 bits per heavy atom. The minimum absolute atomic E-state index is 0.535. The summed E-state index contributed by atoms with van der Waals surface area (Å²) in [6.07, 6.45) is 1.57. The summed E-state index contributed by atoms with van der Waals surface area (Å²) in [4.78, 5) is 0. The van der Waals surface area contributed by atoms with E-state index in [1.54, 1.807) is 18.4 Å². The second-order valence-corrected chi connectivity index (χ2v) is 2.19. The third kappa shape index (κ3) is 0.786. The molecule has 11 heavy (non-hydrogen) atoms. The van der Waals surface area contributed by atoms with E-state index in [9.17, 15) is 0 Å². The molecule has 0 atom stereocenters. The van der Waals surface area contributed by atoms with E-state index >= 15 is 0 Å². The van der Waals surface area contributed by atoms with Gasteiger partial charge in [-0.15, -0.1) is 0 Å². The van der Waals surface area contributed by atoms with E-state index in [4.69, 9.17) is 9.68 Å². The fourth-order valence-corrected chi connectivity index (χ4v) is 1.02. The van der Waals surface area contributed by atoms with Crippen LogP contribution < -0.4 is 0 Å². The molecule has 0 aliphatic heterocycles. The van der Waals surface area contributed by atoms with Gasteiger partial charge in [-0.05, 0) is 24.3 Å². The van der Waals surface area contributed by atoms with Crippen molar-refractivity contribution in [1.29, 1.82) is 5.26 Å². The Kier molecular flexibility index (Phi) is 1.16. The number of rotatable bonds is 0.